The highest BCUT2D eigenvalue weighted by molar-refractivity contribution is 7.86. The van der Waals surface area contributed by atoms with E-state index >= 15 is 0 Å². The highest BCUT2D eigenvalue weighted by atomic mass is 32.2. The summed E-state index contributed by atoms with van der Waals surface area (Å²) in [5.41, 5.74) is -0.550. The molecule has 1 fully saturated rings. The molecule has 0 aromatic heterocycles. The molecule has 3 N–H and O–H groups in total. The predicted octanol–water partition coefficient (Wildman–Crippen LogP) is 3.68. The van der Waals surface area contributed by atoms with Crippen LogP contribution < -0.4 is 0 Å². The van der Waals surface area contributed by atoms with Crippen molar-refractivity contribution in [2.45, 2.75) is 4.90 Å². The van der Waals surface area contributed by atoms with Gasteiger partial charge in [-0.3, -0.25) is 4.55 Å². The molecule has 0 amide bonds. The first-order valence-electron chi connectivity index (χ1n) is 9.05. The fourth-order valence-corrected chi connectivity index (χ4v) is 3.92. The number of hydrogen-bond acceptors (Lipinski definition) is 5. The average Bonchev–Trinajstić information content (AvgIpc) is 3.62. The lowest BCUT2D eigenvalue weighted by Crippen LogP contribution is -2.17. The van der Waals surface area contributed by atoms with E-state index in [0.29, 0.717) is 11.1 Å². The van der Waals surface area contributed by atoms with Gasteiger partial charge in [-0.1, -0.05) is 60.7 Å². The summed E-state index contributed by atoms with van der Waals surface area (Å²) in [5.74, 6) is -3.35. The molecule has 3 aromatic carbocycles. The predicted molar refractivity (Wildman–Crippen MR) is 112 cm³/mol. The number of rotatable bonds is 5. The molecular weight excluding hydrogens is 424 g/mol. The molecular formula is C22H18O8S. The summed E-state index contributed by atoms with van der Waals surface area (Å²) in [6.07, 6.45) is 0. The molecule has 0 atom stereocenters. The molecule has 1 heterocycles. The van der Waals surface area contributed by atoms with E-state index in [1.54, 1.807) is 60.7 Å². The van der Waals surface area contributed by atoms with Crippen molar-refractivity contribution in [2.75, 3.05) is 13.2 Å². The zero-order valence-corrected chi connectivity index (χ0v) is 16.9. The number of epoxide rings is 1. The molecule has 1 aliphatic rings. The second kappa shape index (κ2) is 9.09. The maximum absolute atomic E-state index is 12.1. The van der Waals surface area contributed by atoms with Crippen molar-refractivity contribution in [2.24, 2.45) is 0 Å². The summed E-state index contributed by atoms with van der Waals surface area (Å²) < 4.78 is 38.0. The van der Waals surface area contributed by atoms with Crippen LogP contribution in [0, 0.1) is 0 Å². The first-order chi connectivity index (χ1) is 14.7. The molecule has 8 nitrogen and oxygen atoms in total. The fourth-order valence-electron chi connectivity index (χ4n) is 3.05. The quantitative estimate of drug-likeness (QED) is 0.401. The van der Waals surface area contributed by atoms with Gasteiger partial charge in [-0.2, -0.15) is 8.42 Å². The van der Waals surface area contributed by atoms with Crippen LogP contribution in [0.4, 0.5) is 0 Å². The van der Waals surface area contributed by atoms with Gasteiger partial charge in [0.05, 0.1) is 24.3 Å². The molecule has 1 saturated heterocycles. The molecule has 0 aliphatic carbocycles. The first kappa shape index (κ1) is 22.2. The van der Waals surface area contributed by atoms with Gasteiger partial charge in [0.1, 0.15) is 4.90 Å². The minimum atomic E-state index is -5.15. The number of carboxylic acids is 2. The van der Waals surface area contributed by atoms with Crippen molar-refractivity contribution >= 4 is 22.1 Å². The third kappa shape index (κ3) is 5.15. The van der Waals surface area contributed by atoms with Crippen molar-refractivity contribution in [3.05, 3.63) is 77.9 Å². The maximum atomic E-state index is 12.1. The maximum Gasteiger partial charge on any atom is 0.337 e. The molecule has 0 saturated carbocycles. The van der Waals surface area contributed by atoms with Crippen molar-refractivity contribution in [1.82, 2.24) is 0 Å². The van der Waals surface area contributed by atoms with Gasteiger partial charge in [-0.15, -0.1) is 0 Å². The topological polar surface area (TPSA) is 142 Å². The number of carboxylic acid groups (broad SMARTS) is 2. The summed E-state index contributed by atoms with van der Waals surface area (Å²) in [4.78, 5) is 22.6. The standard InChI is InChI=1S/C20H14O7S.C2H4O/c21-19(22)15-11-14(12-7-3-1-4-8-12)16(13-9-5-2-6-10-13)17(20(23)24)18(15)28(25,26)27;1-2-3-1/h1-11H,(H,21,22)(H,23,24)(H,25,26,27);1-2H2. The smallest absolute Gasteiger partial charge is 0.337 e. The minimum Gasteiger partial charge on any atom is -0.478 e. The highest BCUT2D eigenvalue weighted by Crippen LogP contribution is 2.40. The Kier molecular flexibility index (Phi) is 6.50. The summed E-state index contributed by atoms with van der Waals surface area (Å²) in [6, 6.07) is 17.6. The number of aromatic carboxylic acids is 2. The van der Waals surface area contributed by atoms with Gasteiger partial charge in [-0.25, -0.2) is 9.59 Å². The summed E-state index contributed by atoms with van der Waals surface area (Å²) >= 11 is 0. The fraction of sp³-hybridized carbons (Fsp3) is 0.0909. The Bertz CT molecular complexity index is 1210. The summed E-state index contributed by atoms with van der Waals surface area (Å²) in [6.45, 7) is 2.00. The van der Waals surface area contributed by atoms with E-state index in [9.17, 15) is 32.8 Å². The molecule has 4 rings (SSSR count). The van der Waals surface area contributed by atoms with Gasteiger partial charge in [0, 0.05) is 5.56 Å². The summed E-state index contributed by atoms with van der Waals surface area (Å²) in [7, 11) is -5.15. The molecule has 0 unspecified atom stereocenters. The van der Waals surface area contributed by atoms with Crippen molar-refractivity contribution in [3.63, 3.8) is 0 Å². The average molecular weight is 442 g/mol. The largest absolute Gasteiger partial charge is 0.478 e. The molecule has 1 aliphatic heterocycles. The van der Waals surface area contributed by atoms with Crippen molar-refractivity contribution < 1.29 is 37.5 Å². The number of benzene rings is 3. The van der Waals surface area contributed by atoms with Crippen LogP contribution in [0.15, 0.2) is 71.6 Å². The minimum absolute atomic E-state index is 0.00285. The Morgan fingerprint density at radius 3 is 1.68 bits per heavy atom. The Morgan fingerprint density at radius 1 is 0.806 bits per heavy atom. The van der Waals surface area contributed by atoms with Crippen molar-refractivity contribution in [3.8, 4) is 22.3 Å². The first-order valence-corrected chi connectivity index (χ1v) is 10.5. The molecule has 160 valence electrons. The van der Waals surface area contributed by atoms with Gasteiger partial charge in [0.2, 0.25) is 0 Å². The second-order valence-corrected chi connectivity index (χ2v) is 7.84. The molecule has 0 spiro atoms. The van der Waals surface area contributed by atoms with Crippen LogP contribution in [0.1, 0.15) is 20.7 Å². The Hall–Kier alpha value is -3.53. The second-order valence-electron chi connectivity index (χ2n) is 6.48. The SMILES string of the molecule is C1CO1.O=C(O)c1cc(-c2ccccc2)c(-c2ccccc2)c(C(=O)O)c1S(=O)(=O)O. The van der Waals surface area contributed by atoms with Crippen LogP contribution in [-0.4, -0.2) is 48.3 Å². The zero-order valence-electron chi connectivity index (χ0n) is 16.1. The molecule has 0 radical (unpaired) electrons. The van der Waals surface area contributed by atoms with Gasteiger partial charge in [0.25, 0.3) is 10.1 Å². The van der Waals surface area contributed by atoms with Gasteiger partial charge in [-0.05, 0) is 22.8 Å². The zero-order chi connectivity index (χ0) is 22.6. The lowest BCUT2D eigenvalue weighted by Gasteiger charge is -2.18. The number of hydrogen-bond donors (Lipinski definition) is 3. The number of ether oxygens (including phenoxy) is 1. The van der Waals surface area contributed by atoms with E-state index in [1.807, 2.05) is 0 Å². The summed E-state index contributed by atoms with van der Waals surface area (Å²) in [5, 5.41) is 19.3. The lowest BCUT2D eigenvalue weighted by atomic mass is 9.88. The van der Waals surface area contributed by atoms with Crippen LogP contribution >= 0.6 is 0 Å². The Balaban J connectivity index is 0.000000834. The monoisotopic (exact) mass is 442 g/mol. The highest BCUT2D eigenvalue weighted by Gasteiger charge is 2.33. The molecule has 31 heavy (non-hydrogen) atoms. The lowest BCUT2D eigenvalue weighted by molar-refractivity contribution is 0.0689. The van der Waals surface area contributed by atoms with E-state index in [0.717, 1.165) is 19.3 Å². The van der Waals surface area contributed by atoms with E-state index in [4.69, 9.17) is 0 Å². The third-order valence-electron chi connectivity index (χ3n) is 4.33. The van der Waals surface area contributed by atoms with E-state index in [-0.39, 0.29) is 11.1 Å². The van der Waals surface area contributed by atoms with E-state index < -0.39 is 38.1 Å². The van der Waals surface area contributed by atoms with E-state index in [2.05, 4.69) is 4.74 Å². The van der Waals surface area contributed by atoms with Crippen molar-refractivity contribution in [1.29, 1.82) is 0 Å². The third-order valence-corrected chi connectivity index (χ3v) is 5.27. The van der Waals surface area contributed by atoms with Gasteiger partial charge in [0.15, 0.2) is 0 Å². The molecule has 0 bridgehead atoms. The van der Waals surface area contributed by atoms with Gasteiger partial charge < -0.3 is 14.9 Å². The van der Waals surface area contributed by atoms with Gasteiger partial charge >= 0.3 is 11.9 Å². The number of carbonyl (C=O) groups is 2. The van der Waals surface area contributed by atoms with Crippen LogP contribution in [-0.2, 0) is 14.9 Å². The van der Waals surface area contributed by atoms with Crippen LogP contribution in [0.5, 0.6) is 0 Å². The molecule has 3 aromatic rings. The molecule has 9 heteroatoms. The van der Waals surface area contributed by atoms with Crippen LogP contribution in [0.3, 0.4) is 0 Å². The Morgan fingerprint density at radius 2 is 1.29 bits per heavy atom. The Labute approximate surface area is 178 Å². The normalized spacial score (nSPS) is 12.4. The van der Waals surface area contributed by atoms with Crippen LogP contribution in [0.2, 0.25) is 0 Å². The van der Waals surface area contributed by atoms with E-state index in [1.165, 1.54) is 0 Å². The van der Waals surface area contributed by atoms with Crippen LogP contribution in [0.25, 0.3) is 22.3 Å².